The van der Waals surface area contributed by atoms with E-state index in [2.05, 4.69) is 15.2 Å². The van der Waals surface area contributed by atoms with Gasteiger partial charge in [-0.15, -0.1) is 0 Å². The Morgan fingerprint density at radius 2 is 1.73 bits per heavy atom. The van der Waals surface area contributed by atoms with Crippen molar-refractivity contribution in [1.29, 1.82) is 0 Å². The van der Waals surface area contributed by atoms with Crippen molar-refractivity contribution in [3.05, 3.63) is 59.9 Å². The summed E-state index contributed by atoms with van der Waals surface area (Å²) in [5.41, 5.74) is 1.66. The maximum Gasteiger partial charge on any atom is 0.239 e. The van der Waals surface area contributed by atoms with Crippen LogP contribution in [0.2, 0.25) is 5.02 Å². The highest BCUT2D eigenvalue weighted by molar-refractivity contribution is 7.92. The summed E-state index contributed by atoms with van der Waals surface area (Å²) in [6.45, 7) is 2.00. The van der Waals surface area contributed by atoms with E-state index in [0.717, 1.165) is 42.4 Å². The molecule has 3 aromatic rings. The van der Waals surface area contributed by atoms with Crippen LogP contribution < -0.4 is 10.2 Å². The topological polar surface area (TPSA) is 79.4 Å². The number of fused-ring (bicyclic) bond motifs is 1. The normalized spacial score (nSPS) is 14.6. The van der Waals surface area contributed by atoms with Crippen molar-refractivity contribution in [3.8, 4) is 0 Å². The van der Waals surface area contributed by atoms with E-state index in [-0.39, 0.29) is 4.90 Å². The van der Waals surface area contributed by atoms with Crippen LogP contribution in [0, 0.1) is 0 Å². The van der Waals surface area contributed by atoms with E-state index < -0.39 is 21.5 Å². The van der Waals surface area contributed by atoms with Crippen molar-refractivity contribution >= 4 is 49.5 Å². The third kappa shape index (κ3) is 4.42. The predicted molar refractivity (Wildman–Crippen MR) is 120 cm³/mol. The minimum Gasteiger partial charge on any atom is -0.371 e. The smallest absolute Gasteiger partial charge is 0.239 e. The summed E-state index contributed by atoms with van der Waals surface area (Å²) in [6, 6.07) is 11.5. The van der Waals surface area contributed by atoms with Crippen LogP contribution in [0.25, 0.3) is 10.8 Å². The van der Waals surface area contributed by atoms with Gasteiger partial charge in [0.2, 0.25) is 5.91 Å². The number of nitrogens with one attached hydrogen (secondary N) is 1. The van der Waals surface area contributed by atoms with Gasteiger partial charge >= 0.3 is 0 Å². The quantitative estimate of drug-likeness (QED) is 0.636. The number of hydrogen-bond donors (Lipinski definition) is 1. The lowest BCUT2D eigenvalue weighted by atomic mass is 10.1. The highest BCUT2D eigenvalue weighted by Crippen LogP contribution is 2.33. The molecule has 0 unspecified atom stereocenters. The summed E-state index contributed by atoms with van der Waals surface area (Å²) in [5, 5.41) is 4.97. The van der Waals surface area contributed by atoms with Crippen molar-refractivity contribution < 1.29 is 13.2 Å². The third-order valence-electron chi connectivity index (χ3n) is 5.26. The second-order valence-electron chi connectivity index (χ2n) is 7.36. The van der Waals surface area contributed by atoms with Crippen LogP contribution in [0.3, 0.4) is 0 Å². The Hall–Kier alpha value is -2.64. The van der Waals surface area contributed by atoms with Gasteiger partial charge in [-0.3, -0.25) is 9.78 Å². The average molecular weight is 444 g/mol. The monoisotopic (exact) mass is 443 g/mol. The molecule has 2 aromatic carbocycles. The molecule has 1 aromatic heterocycles. The Balaban J connectivity index is 1.58. The number of pyridine rings is 1. The third-order valence-corrected chi connectivity index (χ3v) is 7.14. The zero-order valence-electron chi connectivity index (χ0n) is 16.3. The summed E-state index contributed by atoms with van der Waals surface area (Å²) in [6.07, 6.45) is 6.99. The van der Waals surface area contributed by atoms with Gasteiger partial charge in [-0.1, -0.05) is 11.6 Å². The largest absolute Gasteiger partial charge is 0.371 e. The van der Waals surface area contributed by atoms with E-state index in [0.29, 0.717) is 10.7 Å². The molecule has 1 aliphatic heterocycles. The van der Waals surface area contributed by atoms with Gasteiger partial charge in [0.25, 0.3) is 0 Å². The van der Waals surface area contributed by atoms with Crippen molar-refractivity contribution in [1.82, 2.24) is 4.98 Å². The van der Waals surface area contributed by atoms with Gasteiger partial charge in [0.15, 0.2) is 9.84 Å². The molecule has 156 valence electrons. The molecule has 1 aliphatic rings. The Bertz CT molecular complexity index is 1170. The maximum absolute atomic E-state index is 12.6. The van der Waals surface area contributed by atoms with Gasteiger partial charge in [-0.25, -0.2) is 8.42 Å². The second-order valence-corrected chi connectivity index (χ2v) is 9.79. The van der Waals surface area contributed by atoms with Crippen LogP contribution in [0.5, 0.6) is 0 Å². The van der Waals surface area contributed by atoms with Crippen molar-refractivity contribution in [2.75, 3.05) is 29.1 Å². The van der Waals surface area contributed by atoms with Crippen molar-refractivity contribution in [3.63, 3.8) is 0 Å². The molecule has 6 nitrogen and oxygen atoms in total. The van der Waals surface area contributed by atoms with E-state index in [1.807, 2.05) is 18.2 Å². The molecule has 1 amide bonds. The van der Waals surface area contributed by atoms with Crippen molar-refractivity contribution in [2.45, 2.75) is 24.2 Å². The molecule has 0 bridgehead atoms. The molecule has 0 radical (unpaired) electrons. The fraction of sp³-hybridized carbons (Fsp3) is 0.273. The van der Waals surface area contributed by atoms with Gasteiger partial charge in [0.1, 0.15) is 5.75 Å². The molecule has 0 aliphatic carbocycles. The Morgan fingerprint density at radius 3 is 2.47 bits per heavy atom. The predicted octanol–water partition coefficient (Wildman–Crippen LogP) is 4.29. The first-order valence-electron chi connectivity index (χ1n) is 9.84. The number of nitrogens with zero attached hydrogens (tertiary/aromatic N) is 2. The van der Waals surface area contributed by atoms with Crippen LogP contribution in [-0.2, 0) is 14.6 Å². The van der Waals surface area contributed by atoms with Gasteiger partial charge in [0, 0.05) is 47.0 Å². The fourth-order valence-electron chi connectivity index (χ4n) is 3.78. The molecule has 4 rings (SSSR count). The molecule has 0 spiro atoms. The standard InChI is InChI=1S/C22H22ClN3O3S/c23-16-4-6-17(7-5-16)30(28,29)15-22(27)25-20-8-9-21(26-12-2-1-3-13-26)18-10-11-24-14-19(18)20/h4-11,14H,1-3,12-13,15H2,(H,25,27). The van der Waals surface area contributed by atoms with E-state index in [9.17, 15) is 13.2 Å². The summed E-state index contributed by atoms with van der Waals surface area (Å²) in [5.74, 6) is -1.25. The fourth-order valence-corrected chi connectivity index (χ4v) is 5.04. The lowest BCUT2D eigenvalue weighted by Gasteiger charge is -2.30. The number of benzene rings is 2. The van der Waals surface area contributed by atoms with Crippen LogP contribution in [-0.4, -0.2) is 38.2 Å². The molecule has 2 heterocycles. The zero-order valence-corrected chi connectivity index (χ0v) is 17.9. The average Bonchev–Trinajstić information content (AvgIpc) is 2.74. The lowest BCUT2D eigenvalue weighted by molar-refractivity contribution is -0.113. The van der Waals surface area contributed by atoms with Gasteiger partial charge < -0.3 is 10.2 Å². The number of sulfone groups is 1. The van der Waals surface area contributed by atoms with E-state index in [1.54, 1.807) is 12.4 Å². The number of amides is 1. The zero-order chi connectivity index (χ0) is 21.1. The number of carbonyl (C=O) groups is 1. The van der Waals surface area contributed by atoms with Crippen molar-refractivity contribution in [2.24, 2.45) is 0 Å². The van der Waals surface area contributed by atoms with Crippen LogP contribution in [0.15, 0.2) is 59.8 Å². The Morgan fingerprint density at radius 1 is 1.00 bits per heavy atom. The van der Waals surface area contributed by atoms with Crippen LogP contribution in [0.4, 0.5) is 11.4 Å². The summed E-state index contributed by atoms with van der Waals surface area (Å²) >= 11 is 5.82. The highest BCUT2D eigenvalue weighted by Gasteiger charge is 2.21. The maximum atomic E-state index is 12.6. The second kappa shape index (κ2) is 8.62. The highest BCUT2D eigenvalue weighted by atomic mass is 35.5. The number of carbonyl (C=O) groups excluding carboxylic acids is 1. The molecule has 1 N–H and O–H groups in total. The molecule has 0 saturated carbocycles. The number of anilines is 2. The molecule has 1 fully saturated rings. The van der Waals surface area contributed by atoms with Crippen LogP contribution in [0.1, 0.15) is 19.3 Å². The number of rotatable bonds is 5. The number of halogens is 1. The summed E-state index contributed by atoms with van der Waals surface area (Å²) in [7, 11) is -3.77. The minimum absolute atomic E-state index is 0.0639. The minimum atomic E-state index is -3.77. The van der Waals surface area contributed by atoms with Crippen LogP contribution >= 0.6 is 11.6 Å². The molecular weight excluding hydrogens is 422 g/mol. The Labute approximate surface area is 180 Å². The van der Waals surface area contributed by atoms with E-state index in [4.69, 9.17) is 11.6 Å². The molecular formula is C22H22ClN3O3S. The molecule has 0 atom stereocenters. The molecule has 8 heteroatoms. The molecule has 1 saturated heterocycles. The summed E-state index contributed by atoms with van der Waals surface area (Å²) < 4.78 is 25.1. The first-order valence-corrected chi connectivity index (χ1v) is 11.9. The Kier molecular flexibility index (Phi) is 5.92. The lowest BCUT2D eigenvalue weighted by Crippen LogP contribution is -2.29. The summed E-state index contributed by atoms with van der Waals surface area (Å²) in [4.78, 5) is 19.2. The van der Waals surface area contributed by atoms with Gasteiger partial charge in [-0.2, -0.15) is 0 Å². The number of aromatic nitrogens is 1. The molecule has 30 heavy (non-hydrogen) atoms. The van der Waals surface area contributed by atoms with Gasteiger partial charge in [-0.05, 0) is 61.7 Å². The first-order chi connectivity index (χ1) is 14.4. The van der Waals surface area contributed by atoms with E-state index in [1.165, 1.54) is 30.7 Å². The number of hydrogen-bond acceptors (Lipinski definition) is 5. The van der Waals surface area contributed by atoms with Gasteiger partial charge in [0.05, 0.1) is 10.6 Å². The van der Waals surface area contributed by atoms with E-state index >= 15 is 0 Å². The SMILES string of the molecule is O=C(CS(=O)(=O)c1ccc(Cl)cc1)Nc1ccc(N2CCCCC2)c2ccncc12. The number of piperidine rings is 1. The first kappa shape index (κ1) is 20.6.